The molecule has 0 fully saturated rings. The molecule has 0 aliphatic carbocycles. The second-order valence-electron chi connectivity index (χ2n) is 6.12. The van der Waals surface area contributed by atoms with E-state index in [-0.39, 0.29) is 5.91 Å². The van der Waals surface area contributed by atoms with Crippen molar-refractivity contribution in [3.8, 4) is 17.3 Å². The van der Waals surface area contributed by atoms with Gasteiger partial charge < -0.3 is 14.6 Å². The Morgan fingerprint density at radius 3 is 2.46 bits per heavy atom. The number of methoxy groups -OCH3 is 1. The molecule has 0 radical (unpaired) electrons. The van der Waals surface area contributed by atoms with Gasteiger partial charge >= 0.3 is 0 Å². The zero-order valence-corrected chi connectivity index (χ0v) is 15.3. The van der Waals surface area contributed by atoms with Crippen molar-refractivity contribution in [1.29, 1.82) is 0 Å². The van der Waals surface area contributed by atoms with Crippen LogP contribution in [0.25, 0.3) is 11.5 Å². The van der Waals surface area contributed by atoms with E-state index >= 15 is 0 Å². The third-order valence-corrected chi connectivity index (χ3v) is 4.36. The van der Waals surface area contributed by atoms with Crippen LogP contribution in [0.1, 0.15) is 15.9 Å². The van der Waals surface area contributed by atoms with Crippen molar-refractivity contribution in [1.82, 2.24) is 24.6 Å². The average Bonchev–Trinajstić information content (AvgIpc) is 3.42. The van der Waals surface area contributed by atoms with Gasteiger partial charge in [0.15, 0.2) is 5.82 Å². The number of carbonyl (C=O) groups is 1. The maximum atomic E-state index is 12.9. The number of pyridine rings is 1. The van der Waals surface area contributed by atoms with Gasteiger partial charge in [0.1, 0.15) is 11.3 Å². The van der Waals surface area contributed by atoms with Crippen LogP contribution in [-0.2, 0) is 6.54 Å². The lowest BCUT2D eigenvalue weighted by Crippen LogP contribution is -2.24. The summed E-state index contributed by atoms with van der Waals surface area (Å²) in [5.41, 5.74) is 2.30. The van der Waals surface area contributed by atoms with Crippen molar-refractivity contribution in [3.63, 3.8) is 0 Å². The van der Waals surface area contributed by atoms with Gasteiger partial charge in [-0.25, -0.2) is 4.68 Å². The monoisotopic (exact) mass is 373 g/mol. The summed E-state index contributed by atoms with van der Waals surface area (Å²) in [6, 6.07) is 15.1. The number of amides is 1. The molecule has 0 bridgehead atoms. The van der Waals surface area contributed by atoms with Crippen molar-refractivity contribution in [2.45, 2.75) is 6.54 Å². The first kappa shape index (κ1) is 17.5. The standard InChI is InChI=1S/C21H19N5O2/c1-28-18-6-4-17(5-7-18)26-21(25-12-2-3-13-25)19(15-24-26)20(27)23-14-16-8-10-22-11-9-16/h2-13,15H,14H2,1H3,(H,23,27). The number of hydrogen-bond donors (Lipinski definition) is 1. The highest BCUT2D eigenvalue weighted by Crippen LogP contribution is 2.22. The Labute approximate surface area is 162 Å². The van der Waals surface area contributed by atoms with E-state index in [0.717, 1.165) is 17.0 Å². The van der Waals surface area contributed by atoms with E-state index < -0.39 is 0 Å². The number of nitrogens with one attached hydrogen (secondary N) is 1. The number of hydrogen-bond acceptors (Lipinski definition) is 4. The third-order valence-electron chi connectivity index (χ3n) is 4.36. The minimum Gasteiger partial charge on any atom is -0.497 e. The van der Waals surface area contributed by atoms with Crippen LogP contribution in [0.4, 0.5) is 0 Å². The van der Waals surface area contributed by atoms with E-state index in [9.17, 15) is 4.79 Å². The Kier molecular flexibility index (Phi) is 4.88. The number of aromatic nitrogens is 4. The topological polar surface area (TPSA) is 74.0 Å². The van der Waals surface area contributed by atoms with Crippen LogP contribution in [0.5, 0.6) is 5.75 Å². The van der Waals surface area contributed by atoms with E-state index in [1.165, 1.54) is 0 Å². The van der Waals surface area contributed by atoms with Crippen molar-refractivity contribution >= 4 is 5.91 Å². The van der Waals surface area contributed by atoms with Crippen LogP contribution in [-0.4, -0.2) is 32.3 Å². The molecular weight excluding hydrogens is 354 g/mol. The molecule has 140 valence electrons. The Morgan fingerprint density at radius 2 is 1.79 bits per heavy atom. The molecule has 0 saturated heterocycles. The van der Waals surface area contributed by atoms with Gasteiger partial charge in [0, 0.05) is 31.3 Å². The SMILES string of the molecule is COc1ccc(-n2ncc(C(=O)NCc3ccncc3)c2-n2cccc2)cc1. The van der Waals surface area contributed by atoms with Crippen molar-refractivity contribution in [2.24, 2.45) is 0 Å². The predicted molar refractivity (Wildman–Crippen MR) is 105 cm³/mol. The lowest BCUT2D eigenvalue weighted by Gasteiger charge is -2.12. The molecule has 0 unspecified atom stereocenters. The van der Waals surface area contributed by atoms with Gasteiger partial charge in [0.2, 0.25) is 0 Å². The molecule has 0 aliphatic heterocycles. The minimum atomic E-state index is -0.194. The van der Waals surface area contributed by atoms with E-state index in [1.54, 1.807) is 30.4 Å². The molecule has 0 aliphatic rings. The Hall–Kier alpha value is -3.87. The van der Waals surface area contributed by atoms with E-state index in [4.69, 9.17) is 4.74 Å². The van der Waals surface area contributed by atoms with E-state index in [1.807, 2.05) is 65.5 Å². The highest BCUT2D eigenvalue weighted by Gasteiger charge is 2.19. The van der Waals surface area contributed by atoms with Crippen molar-refractivity contribution in [3.05, 3.63) is 90.6 Å². The van der Waals surface area contributed by atoms with Crippen LogP contribution in [0.2, 0.25) is 0 Å². The normalized spacial score (nSPS) is 10.6. The minimum absolute atomic E-state index is 0.194. The van der Waals surface area contributed by atoms with Crippen LogP contribution < -0.4 is 10.1 Å². The lowest BCUT2D eigenvalue weighted by atomic mass is 10.2. The van der Waals surface area contributed by atoms with Crippen LogP contribution >= 0.6 is 0 Å². The summed E-state index contributed by atoms with van der Waals surface area (Å²) < 4.78 is 8.83. The van der Waals surface area contributed by atoms with Gasteiger partial charge in [-0.15, -0.1) is 0 Å². The predicted octanol–water partition coefficient (Wildman–Crippen LogP) is 3.00. The summed E-state index contributed by atoms with van der Waals surface area (Å²) in [6.45, 7) is 0.417. The molecule has 0 saturated carbocycles. The number of carbonyl (C=O) groups excluding carboxylic acids is 1. The average molecular weight is 373 g/mol. The quantitative estimate of drug-likeness (QED) is 0.564. The first-order valence-electron chi connectivity index (χ1n) is 8.79. The summed E-state index contributed by atoms with van der Waals surface area (Å²) in [5, 5.41) is 7.41. The zero-order chi connectivity index (χ0) is 19.3. The highest BCUT2D eigenvalue weighted by atomic mass is 16.5. The third kappa shape index (κ3) is 3.50. The fourth-order valence-electron chi connectivity index (χ4n) is 2.92. The first-order valence-corrected chi connectivity index (χ1v) is 8.79. The summed E-state index contributed by atoms with van der Waals surface area (Å²) >= 11 is 0. The molecule has 3 aromatic heterocycles. The molecule has 7 heteroatoms. The molecule has 1 amide bonds. The second-order valence-corrected chi connectivity index (χ2v) is 6.12. The fraction of sp³-hybridized carbons (Fsp3) is 0.0952. The maximum absolute atomic E-state index is 12.9. The number of benzene rings is 1. The zero-order valence-electron chi connectivity index (χ0n) is 15.3. The fourth-order valence-corrected chi connectivity index (χ4v) is 2.92. The van der Waals surface area contributed by atoms with Gasteiger partial charge in [0.05, 0.1) is 19.0 Å². The Morgan fingerprint density at radius 1 is 1.07 bits per heavy atom. The molecule has 0 spiro atoms. The summed E-state index contributed by atoms with van der Waals surface area (Å²) in [5.74, 6) is 1.23. The van der Waals surface area contributed by atoms with Crippen molar-refractivity contribution in [2.75, 3.05) is 7.11 Å². The van der Waals surface area contributed by atoms with Crippen LogP contribution in [0.3, 0.4) is 0 Å². The van der Waals surface area contributed by atoms with E-state index in [2.05, 4.69) is 15.4 Å². The molecule has 1 N–H and O–H groups in total. The Bertz CT molecular complexity index is 1050. The summed E-state index contributed by atoms with van der Waals surface area (Å²) in [7, 11) is 1.62. The van der Waals surface area contributed by atoms with Gasteiger partial charge in [-0.05, 0) is 54.1 Å². The molecule has 3 heterocycles. The largest absolute Gasteiger partial charge is 0.497 e. The molecule has 4 rings (SSSR count). The molecule has 1 aromatic carbocycles. The van der Waals surface area contributed by atoms with Crippen molar-refractivity contribution < 1.29 is 9.53 Å². The second kappa shape index (κ2) is 7.79. The van der Waals surface area contributed by atoms with Gasteiger partial charge in [0.25, 0.3) is 5.91 Å². The first-order chi connectivity index (χ1) is 13.8. The van der Waals surface area contributed by atoms with E-state index in [0.29, 0.717) is 17.9 Å². The van der Waals surface area contributed by atoms with Crippen LogP contribution in [0, 0.1) is 0 Å². The number of rotatable bonds is 6. The maximum Gasteiger partial charge on any atom is 0.256 e. The highest BCUT2D eigenvalue weighted by molar-refractivity contribution is 5.97. The molecule has 7 nitrogen and oxygen atoms in total. The number of nitrogens with zero attached hydrogens (tertiary/aromatic N) is 4. The lowest BCUT2D eigenvalue weighted by molar-refractivity contribution is 0.0951. The summed E-state index contributed by atoms with van der Waals surface area (Å²) in [4.78, 5) is 16.9. The molecular formula is C21H19N5O2. The number of ether oxygens (including phenoxy) is 1. The van der Waals surface area contributed by atoms with Gasteiger partial charge in [-0.2, -0.15) is 5.10 Å². The molecule has 4 aromatic rings. The summed E-state index contributed by atoms with van der Waals surface area (Å²) in [6.07, 6.45) is 8.76. The molecule has 0 atom stereocenters. The Balaban J connectivity index is 1.67. The van der Waals surface area contributed by atoms with Gasteiger partial charge in [-0.3, -0.25) is 9.78 Å². The van der Waals surface area contributed by atoms with Gasteiger partial charge in [-0.1, -0.05) is 0 Å². The van der Waals surface area contributed by atoms with Crippen LogP contribution in [0.15, 0.2) is 79.5 Å². The molecule has 28 heavy (non-hydrogen) atoms. The smallest absolute Gasteiger partial charge is 0.256 e.